The maximum absolute atomic E-state index is 13.0. The van der Waals surface area contributed by atoms with Gasteiger partial charge >= 0.3 is 0 Å². The van der Waals surface area contributed by atoms with Crippen LogP contribution in [0, 0.1) is 17.8 Å². The predicted octanol–water partition coefficient (Wildman–Crippen LogP) is 1.10. The van der Waals surface area contributed by atoms with Gasteiger partial charge in [0.25, 0.3) is 0 Å². The van der Waals surface area contributed by atoms with Crippen LogP contribution in [0.5, 0.6) is 5.75 Å². The molecule has 1 saturated carbocycles. The number of carbonyl (C=O) groups excluding carboxylic acids is 2. The summed E-state index contributed by atoms with van der Waals surface area (Å²) in [6, 6.07) is 3.10. The highest BCUT2D eigenvalue weighted by Gasteiger charge is 2.62. The van der Waals surface area contributed by atoms with Gasteiger partial charge in [0.2, 0.25) is 5.91 Å². The highest BCUT2D eigenvalue weighted by molar-refractivity contribution is 6.07. The Balaban J connectivity index is 1.95. The topological polar surface area (TPSA) is 161 Å². The maximum atomic E-state index is 13.0. The number of fused-ring (bicyclic) bond motifs is 3. The number of Topliss-reactive ketones (excluding diaryl/α,β-unsaturated/α-hetero) is 1. The van der Waals surface area contributed by atoms with E-state index in [2.05, 4.69) is 6.58 Å². The molecule has 0 bridgehead atoms. The van der Waals surface area contributed by atoms with Gasteiger partial charge in [-0.2, -0.15) is 0 Å². The third-order valence-corrected chi connectivity index (χ3v) is 6.91. The molecule has 0 heterocycles. The molecular formula is C23H25NO7. The van der Waals surface area contributed by atoms with E-state index in [1.54, 1.807) is 18.2 Å². The van der Waals surface area contributed by atoms with E-state index in [-0.39, 0.29) is 29.7 Å². The molecular weight excluding hydrogens is 402 g/mol. The molecule has 1 amide bonds. The summed E-state index contributed by atoms with van der Waals surface area (Å²) < 4.78 is 0. The molecule has 1 fully saturated rings. The first-order valence-electron chi connectivity index (χ1n) is 10.1. The van der Waals surface area contributed by atoms with Crippen molar-refractivity contribution in [1.82, 2.24) is 0 Å². The quantitative estimate of drug-likeness (QED) is 0.385. The molecule has 0 aliphatic heterocycles. The van der Waals surface area contributed by atoms with Gasteiger partial charge in [0.05, 0.1) is 6.10 Å². The number of primary amides is 1. The lowest BCUT2D eigenvalue weighted by atomic mass is 9.56. The van der Waals surface area contributed by atoms with E-state index in [1.807, 2.05) is 6.92 Å². The van der Waals surface area contributed by atoms with Gasteiger partial charge in [-0.25, -0.2) is 0 Å². The van der Waals surface area contributed by atoms with E-state index in [1.165, 1.54) is 6.07 Å². The zero-order chi connectivity index (χ0) is 22.8. The number of hydrogen-bond donors (Lipinski definition) is 6. The summed E-state index contributed by atoms with van der Waals surface area (Å²) in [7, 11) is 0. The molecule has 6 atom stereocenters. The van der Waals surface area contributed by atoms with Gasteiger partial charge in [-0.15, -0.1) is 0 Å². The zero-order valence-corrected chi connectivity index (χ0v) is 16.9. The fourth-order valence-corrected chi connectivity index (χ4v) is 5.46. The van der Waals surface area contributed by atoms with Crippen LogP contribution in [0.25, 0.3) is 11.6 Å². The fourth-order valence-electron chi connectivity index (χ4n) is 5.46. The number of rotatable bonds is 2. The smallest absolute Gasteiger partial charge is 0.230 e. The summed E-state index contributed by atoms with van der Waals surface area (Å²) in [4.78, 5) is 24.7. The monoisotopic (exact) mass is 427 g/mol. The summed E-state index contributed by atoms with van der Waals surface area (Å²) in [5, 5.41) is 54.3. The number of aliphatic hydroxyl groups excluding tert-OH is 3. The summed E-state index contributed by atoms with van der Waals surface area (Å²) >= 11 is 0. The lowest BCUT2D eigenvalue weighted by Gasteiger charge is -2.50. The van der Waals surface area contributed by atoms with Crippen LogP contribution in [-0.4, -0.2) is 48.9 Å². The summed E-state index contributed by atoms with van der Waals surface area (Å²) in [6.07, 6.45) is 0.671. The molecule has 8 heteroatoms. The molecule has 0 radical (unpaired) electrons. The second kappa shape index (κ2) is 7.05. The average Bonchev–Trinajstić information content (AvgIpc) is 2.69. The number of ketones is 1. The Morgan fingerprint density at radius 1 is 1.26 bits per heavy atom. The third-order valence-electron chi connectivity index (χ3n) is 6.91. The van der Waals surface area contributed by atoms with Crippen LogP contribution in [0.4, 0.5) is 0 Å². The Morgan fingerprint density at radius 3 is 2.55 bits per heavy atom. The van der Waals surface area contributed by atoms with Crippen LogP contribution in [-0.2, 0) is 9.59 Å². The van der Waals surface area contributed by atoms with Crippen molar-refractivity contribution < 1.29 is 35.1 Å². The number of allylic oxidation sites excluding steroid dienone is 2. The average molecular weight is 427 g/mol. The molecule has 0 saturated heterocycles. The van der Waals surface area contributed by atoms with Crippen molar-refractivity contribution in [2.24, 2.45) is 23.5 Å². The number of nitrogens with two attached hydrogens (primary N) is 1. The molecule has 1 aromatic rings. The van der Waals surface area contributed by atoms with Crippen LogP contribution < -0.4 is 5.73 Å². The Hall–Kier alpha value is -2.94. The van der Waals surface area contributed by atoms with Crippen molar-refractivity contribution in [2.75, 3.05) is 0 Å². The molecule has 0 aromatic heterocycles. The molecule has 8 nitrogen and oxygen atoms in total. The third kappa shape index (κ3) is 2.72. The van der Waals surface area contributed by atoms with Gasteiger partial charge in [-0.3, -0.25) is 9.59 Å². The first kappa shape index (κ1) is 21.3. The standard InChI is InChI=1S/C23H25NO7/c1-3-4-10-5-6-13(25)17-15(10)9(2)12-7-11-8-14(26)18(22(24)30)21(29)23(11,31)20(28)16(12)19(17)27/h3-6,11-12,14,18-19,25-28,31H,2,7-8H2,1H3,(H2,24,30)/b4-3-/t11?,12?,14?,18?,19?,23-/m0/s1. The van der Waals surface area contributed by atoms with Crippen molar-refractivity contribution in [3.8, 4) is 5.75 Å². The Labute approximate surface area is 178 Å². The molecule has 4 rings (SSSR count). The number of aromatic hydroxyl groups is 1. The van der Waals surface area contributed by atoms with Crippen molar-refractivity contribution >= 4 is 23.3 Å². The van der Waals surface area contributed by atoms with Crippen molar-refractivity contribution in [3.63, 3.8) is 0 Å². The first-order valence-corrected chi connectivity index (χ1v) is 10.1. The number of phenolic OH excluding ortho intramolecular Hbond substituents is 1. The fraction of sp³-hybridized carbons (Fsp3) is 0.391. The highest BCUT2D eigenvalue weighted by Crippen LogP contribution is 2.58. The second-order valence-corrected chi connectivity index (χ2v) is 8.49. The number of hydrogen-bond acceptors (Lipinski definition) is 7. The number of aliphatic hydroxyl groups is 4. The van der Waals surface area contributed by atoms with E-state index >= 15 is 0 Å². The minimum Gasteiger partial charge on any atom is -0.509 e. The van der Waals surface area contributed by atoms with Crippen LogP contribution in [0.3, 0.4) is 0 Å². The number of benzene rings is 1. The molecule has 1 aromatic carbocycles. The van der Waals surface area contributed by atoms with Crippen molar-refractivity contribution in [1.29, 1.82) is 0 Å². The van der Waals surface area contributed by atoms with Gasteiger partial charge in [0.15, 0.2) is 11.4 Å². The summed E-state index contributed by atoms with van der Waals surface area (Å²) in [5.74, 6) is -6.40. The highest BCUT2D eigenvalue weighted by atomic mass is 16.4. The molecule has 164 valence electrons. The minimum atomic E-state index is -2.47. The van der Waals surface area contributed by atoms with Crippen LogP contribution in [0.15, 0.2) is 36.1 Å². The zero-order valence-electron chi connectivity index (χ0n) is 16.9. The molecule has 5 unspecified atom stereocenters. The van der Waals surface area contributed by atoms with Gasteiger partial charge in [-0.1, -0.05) is 24.8 Å². The summed E-state index contributed by atoms with van der Waals surface area (Å²) in [6.45, 7) is 5.95. The molecule has 31 heavy (non-hydrogen) atoms. The first-order chi connectivity index (χ1) is 14.5. The van der Waals surface area contributed by atoms with Crippen LogP contribution >= 0.6 is 0 Å². The molecule has 7 N–H and O–H groups in total. The number of phenols is 1. The normalized spacial score (nSPS) is 35.0. The lowest BCUT2D eigenvalue weighted by molar-refractivity contribution is -0.167. The van der Waals surface area contributed by atoms with Crippen LogP contribution in [0.2, 0.25) is 0 Å². The minimum absolute atomic E-state index is 0.0443. The Bertz CT molecular complexity index is 1070. The van der Waals surface area contributed by atoms with E-state index in [0.717, 1.165) is 0 Å². The van der Waals surface area contributed by atoms with Gasteiger partial charge in [-0.05, 0) is 42.5 Å². The lowest BCUT2D eigenvalue weighted by Crippen LogP contribution is -2.63. The van der Waals surface area contributed by atoms with Crippen molar-refractivity contribution in [3.05, 3.63) is 52.8 Å². The predicted molar refractivity (Wildman–Crippen MR) is 111 cm³/mol. The molecule has 0 spiro atoms. The van der Waals surface area contributed by atoms with E-state index in [0.29, 0.717) is 16.7 Å². The number of amides is 1. The van der Waals surface area contributed by atoms with Crippen molar-refractivity contribution in [2.45, 2.75) is 37.6 Å². The van der Waals surface area contributed by atoms with Gasteiger partial charge in [0.1, 0.15) is 23.5 Å². The largest absolute Gasteiger partial charge is 0.509 e. The molecule has 3 aliphatic carbocycles. The van der Waals surface area contributed by atoms with Gasteiger partial charge < -0.3 is 31.3 Å². The second-order valence-electron chi connectivity index (χ2n) is 8.49. The molecule has 3 aliphatic rings. The van der Waals surface area contributed by atoms with E-state index in [4.69, 9.17) is 5.73 Å². The van der Waals surface area contributed by atoms with E-state index in [9.17, 15) is 35.1 Å². The van der Waals surface area contributed by atoms with Crippen LogP contribution in [0.1, 0.15) is 42.6 Å². The summed E-state index contributed by atoms with van der Waals surface area (Å²) in [5.41, 5.74) is 4.61. The van der Waals surface area contributed by atoms with Gasteiger partial charge in [0, 0.05) is 23.0 Å². The number of carbonyl (C=O) groups is 2. The maximum Gasteiger partial charge on any atom is 0.230 e. The Kier molecular flexibility index (Phi) is 4.84. The van der Waals surface area contributed by atoms with E-state index < -0.39 is 53.0 Å². The Morgan fingerprint density at radius 2 is 1.94 bits per heavy atom. The SMILES string of the molecule is C=C1c2c(/C=C\C)ccc(O)c2C(O)C2=C(O)[C@]3(O)C(=O)C(C(N)=O)C(O)CC3CC12.